The van der Waals surface area contributed by atoms with Crippen LogP contribution in [0.4, 0.5) is 13.2 Å². The first-order chi connectivity index (χ1) is 16.0. The minimum atomic E-state index is -4.78. The van der Waals surface area contributed by atoms with Gasteiger partial charge in [0.15, 0.2) is 0 Å². The fourth-order valence-corrected chi connectivity index (χ4v) is 4.67. The maximum atomic E-state index is 14.5. The van der Waals surface area contributed by atoms with Crippen LogP contribution in [0, 0.1) is 0 Å². The van der Waals surface area contributed by atoms with Crippen LogP contribution in [-0.2, 0) is 29.2 Å². The molecule has 0 aliphatic rings. The first kappa shape index (κ1) is 24.0. The molecule has 1 heterocycles. The van der Waals surface area contributed by atoms with Crippen LogP contribution < -0.4 is 11.3 Å². The number of rotatable bonds is 4. The average Bonchev–Trinajstić information content (AvgIpc) is 2.79. The van der Waals surface area contributed by atoms with Gasteiger partial charge in [-0.1, -0.05) is 52.3 Å². The van der Waals surface area contributed by atoms with Gasteiger partial charge in [-0.2, -0.15) is 13.2 Å². The molecule has 4 rings (SSSR count). The Bertz CT molecular complexity index is 1500. The van der Waals surface area contributed by atoms with E-state index in [1.807, 2.05) is 0 Å². The van der Waals surface area contributed by atoms with Gasteiger partial charge in [-0.3, -0.25) is 9.59 Å². The lowest BCUT2D eigenvalue weighted by molar-refractivity contribution is -0.142. The number of esters is 1. The summed E-state index contributed by atoms with van der Waals surface area (Å²) in [7, 11) is 2.68. The number of aryl methyl sites for hydroxylation is 1. The van der Waals surface area contributed by atoms with Crippen molar-refractivity contribution in [1.29, 1.82) is 0 Å². The standard InChI is InChI=1S/C25H20BrF3N2O3/c1-31-20-10-9-14(26)12-18(20)22(25(27,28)29)21(23(31)32)17-8-4-6-15-13(5-3-7-16(15)17)11-19(30)24(33)34-2/h3-10,12,19H,11,30H2,1-2H3/t19-/m0/s1. The summed E-state index contributed by atoms with van der Waals surface area (Å²) >= 11 is 3.24. The number of carbonyl (C=O) groups excluding carboxylic acids is 1. The molecule has 0 bridgehead atoms. The number of nitrogens with zero attached hydrogens (tertiary/aromatic N) is 1. The highest BCUT2D eigenvalue weighted by atomic mass is 79.9. The summed E-state index contributed by atoms with van der Waals surface area (Å²) < 4.78 is 49.7. The molecule has 0 unspecified atom stereocenters. The van der Waals surface area contributed by atoms with E-state index in [0.717, 1.165) is 0 Å². The second-order valence-corrected chi connectivity index (χ2v) is 8.84. The first-order valence-electron chi connectivity index (χ1n) is 10.3. The number of aromatic nitrogens is 1. The maximum Gasteiger partial charge on any atom is 0.417 e. The number of hydrogen-bond donors (Lipinski definition) is 1. The molecule has 9 heteroatoms. The zero-order chi connectivity index (χ0) is 24.8. The van der Waals surface area contributed by atoms with Crippen molar-refractivity contribution < 1.29 is 22.7 Å². The summed E-state index contributed by atoms with van der Waals surface area (Å²) in [6, 6.07) is 13.4. The van der Waals surface area contributed by atoms with Crippen molar-refractivity contribution in [3.63, 3.8) is 0 Å². The van der Waals surface area contributed by atoms with E-state index >= 15 is 0 Å². The van der Waals surface area contributed by atoms with Crippen molar-refractivity contribution in [2.75, 3.05) is 7.11 Å². The lowest BCUT2D eigenvalue weighted by Gasteiger charge is -2.20. The van der Waals surface area contributed by atoms with E-state index in [1.54, 1.807) is 36.4 Å². The normalized spacial score (nSPS) is 12.8. The second-order valence-electron chi connectivity index (χ2n) is 7.93. The van der Waals surface area contributed by atoms with Gasteiger partial charge >= 0.3 is 12.1 Å². The van der Waals surface area contributed by atoms with E-state index in [-0.39, 0.29) is 22.9 Å². The highest BCUT2D eigenvalue weighted by Gasteiger charge is 2.38. The van der Waals surface area contributed by atoms with Gasteiger partial charge in [0.1, 0.15) is 6.04 Å². The Hall–Kier alpha value is -3.17. The SMILES string of the molecule is COC(=O)[C@@H](N)Cc1cccc2c(-c3c(C(F)(F)F)c4cc(Br)ccc4n(C)c3=O)cccc12. The lowest BCUT2D eigenvalue weighted by Crippen LogP contribution is -2.33. The largest absolute Gasteiger partial charge is 0.468 e. The zero-order valence-corrected chi connectivity index (χ0v) is 19.8. The number of benzene rings is 3. The van der Waals surface area contributed by atoms with Gasteiger partial charge in [0, 0.05) is 16.9 Å². The Kier molecular flexibility index (Phi) is 6.26. The quantitative estimate of drug-likeness (QED) is 0.367. The molecule has 3 aromatic carbocycles. The monoisotopic (exact) mass is 532 g/mol. The van der Waals surface area contributed by atoms with Crippen LogP contribution in [-0.4, -0.2) is 23.7 Å². The molecular weight excluding hydrogens is 513 g/mol. The van der Waals surface area contributed by atoms with Crippen LogP contribution in [0.5, 0.6) is 0 Å². The van der Waals surface area contributed by atoms with E-state index in [4.69, 9.17) is 5.73 Å². The molecule has 34 heavy (non-hydrogen) atoms. The van der Waals surface area contributed by atoms with Crippen molar-refractivity contribution in [3.05, 3.63) is 80.6 Å². The minimum Gasteiger partial charge on any atom is -0.468 e. The van der Waals surface area contributed by atoms with Crippen molar-refractivity contribution in [2.45, 2.75) is 18.6 Å². The molecular formula is C25H20BrF3N2O3. The number of carbonyl (C=O) groups is 1. The summed E-state index contributed by atoms with van der Waals surface area (Å²) in [5.74, 6) is -0.596. The summed E-state index contributed by atoms with van der Waals surface area (Å²) in [5, 5.41) is 0.970. The minimum absolute atomic E-state index is 0.0835. The molecule has 0 radical (unpaired) electrons. The number of halogens is 4. The molecule has 0 aliphatic carbocycles. The zero-order valence-electron chi connectivity index (χ0n) is 18.2. The molecule has 0 spiro atoms. The van der Waals surface area contributed by atoms with Crippen LogP contribution in [0.3, 0.4) is 0 Å². The number of fused-ring (bicyclic) bond motifs is 2. The predicted octanol–water partition coefficient (Wildman–Crippen LogP) is 5.18. The molecule has 1 atom stereocenters. The van der Waals surface area contributed by atoms with Gasteiger partial charge in [-0.25, -0.2) is 0 Å². The molecule has 4 aromatic rings. The fourth-order valence-electron chi connectivity index (χ4n) is 4.31. The second kappa shape index (κ2) is 8.88. The number of alkyl halides is 3. The van der Waals surface area contributed by atoms with Crippen LogP contribution in [0.25, 0.3) is 32.8 Å². The molecule has 0 saturated carbocycles. The van der Waals surface area contributed by atoms with Gasteiger partial charge in [-0.05, 0) is 46.5 Å². The molecule has 0 amide bonds. The van der Waals surface area contributed by atoms with Gasteiger partial charge in [0.2, 0.25) is 0 Å². The lowest BCUT2D eigenvalue weighted by atomic mass is 9.90. The molecule has 5 nitrogen and oxygen atoms in total. The van der Waals surface area contributed by atoms with E-state index in [9.17, 15) is 22.8 Å². The van der Waals surface area contributed by atoms with E-state index in [2.05, 4.69) is 20.7 Å². The molecule has 1 aromatic heterocycles. The summed E-state index contributed by atoms with van der Waals surface area (Å²) in [5.41, 5.74) is 4.73. The third kappa shape index (κ3) is 4.10. The van der Waals surface area contributed by atoms with Crippen LogP contribution >= 0.6 is 15.9 Å². The predicted molar refractivity (Wildman–Crippen MR) is 129 cm³/mol. The maximum absolute atomic E-state index is 14.5. The summed E-state index contributed by atoms with van der Waals surface area (Å²) in [6.07, 6.45) is -4.66. The smallest absolute Gasteiger partial charge is 0.417 e. The Morgan fingerprint density at radius 2 is 1.76 bits per heavy atom. The van der Waals surface area contributed by atoms with E-state index in [1.165, 1.54) is 36.9 Å². The van der Waals surface area contributed by atoms with E-state index < -0.39 is 34.9 Å². The van der Waals surface area contributed by atoms with Crippen molar-refractivity contribution in [1.82, 2.24) is 4.57 Å². The Labute approximate surface area is 201 Å². The topological polar surface area (TPSA) is 74.3 Å². The number of ether oxygens (including phenoxy) is 1. The number of pyridine rings is 1. The van der Waals surface area contributed by atoms with Crippen molar-refractivity contribution >= 4 is 43.6 Å². The molecule has 0 saturated heterocycles. The fraction of sp³-hybridized carbons (Fsp3) is 0.200. The van der Waals surface area contributed by atoms with Crippen molar-refractivity contribution in [3.8, 4) is 11.1 Å². The third-order valence-corrected chi connectivity index (χ3v) is 6.36. The van der Waals surface area contributed by atoms with Crippen LogP contribution in [0.15, 0.2) is 63.9 Å². The van der Waals surface area contributed by atoms with Crippen molar-refractivity contribution in [2.24, 2.45) is 12.8 Å². The van der Waals surface area contributed by atoms with Gasteiger partial charge in [0.25, 0.3) is 5.56 Å². The molecule has 2 N–H and O–H groups in total. The Morgan fingerprint density at radius 3 is 2.44 bits per heavy atom. The number of nitrogens with two attached hydrogens (primary N) is 1. The highest BCUT2D eigenvalue weighted by Crippen LogP contribution is 2.42. The van der Waals surface area contributed by atoms with Gasteiger partial charge < -0.3 is 15.0 Å². The van der Waals surface area contributed by atoms with Crippen LogP contribution in [0.1, 0.15) is 11.1 Å². The Morgan fingerprint density at radius 1 is 1.09 bits per heavy atom. The van der Waals surface area contributed by atoms with Gasteiger partial charge in [-0.15, -0.1) is 0 Å². The van der Waals surface area contributed by atoms with E-state index in [0.29, 0.717) is 20.8 Å². The number of methoxy groups -OCH3 is 1. The van der Waals surface area contributed by atoms with Gasteiger partial charge in [0.05, 0.1) is 23.8 Å². The third-order valence-electron chi connectivity index (χ3n) is 5.87. The first-order valence-corrected chi connectivity index (χ1v) is 11.1. The summed E-state index contributed by atoms with van der Waals surface area (Å²) in [4.78, 5) is 25.1. The summed E-state index contributed by atoms with van der Waals surface area (Å²) in [6.45, 7) is 0. The molecule has 0 aliphatic heterocycles. The molecule has 0 fully saturated rings. The molecule has 176 valence electrons. The van der Waals surface area contributed by atoms with Crippen LogP contribution in [0.2, 0.25) is 0 Å². The highest BCUT2D eigenvalue weighted by molar-refractivity contribution is 9.10. The average molecular weight is 533 g/mol. The Balaban J connectivity index is 2.08. The number of hydrogen-bond acceptors (Lipinski definition) is 4.